The molecular weight excluding hydrogens is 226 g/mol. The average molecular weight is 255 g/mol. The molecule has 0 radical (unpaired) electrons. The van der Waals surface area contributed by atoms with Gasteiger partial charge in [0.25, 0.3) is 0 Å². The van der Waals surface area contributed by atoms with Crippen LogP contribution in [0.3, 0.4) is 0 Å². The molecule has 0 aromatic rings. The number of nitrogens with zero attached hydrogens (tertiary/aromatic N) is 2. The van der Waals surface area contributed by atoms with Crippen molar-refractivity contribution in [3.05, 3.63) is 0 Å². The Kier molecular flexibility index (Phi) is 4.64. The summed E-state index contributed by atoms with van der Waals surface area (Å²) >= 11 is 0. The van der Waals surface area contributed by atoms with E-state index >= 15 is 0 Å². The van der Waals surface area contributed by atoms with Crippen molar-refractivity contribution in [2.45, 2.75) is 50.3 Å². The van der Waals surface area contributed by atoms with Gasteiger partial charge in [-0.05, 0) is 46.2 Å². The molecule has 2 rings (SSSR count). The van der Waals surface area contributed by atoms with Gasteiger partial charge in [-0.25, -0.2) is 0 Å². The summed E-state index contributed by atoms with van der Waals surface area (Å²) in [5.41, 5.74) is 6.39. The first-order valence-corrected chi connectivity index (χ1v) is 7.29. The molecule has 2 aliphatic heterocycles. The van der Waals surface area contributed by atoms with Crippen molar-refractivity contribution in [2.75, 3.05) is 40.3 Å². The van der Waals surface area contributed by atoms with Crippen molar-refractivity contribution in [3.63, 3.8) is 0 Å². The van der Waals surface area contributed by atoms with Crippen LogP contribution in [-0.2, 0) is 4.74 Å². The zero-order valence-corrected chi connectivity index (χ0v) is 12.2. The minimum Gasteiger partial charge on any atom is -0.381 e. The van der Waals surface area contributed by atoms with E-state index in [4.69, 9.17) is 10.5 Å². The van der Waals surface area contributed by atoms with Gasteiger partial charge in [0.05, 0.1) is 6.10 Å². The fraction of sp³-hybridized carbons (Fsp3) is 1.00. The summed E-state index contributed by atoms with van der Waals surface area (Å²) < 4.78 is 5.47. The zero-order chi connectivity index (χ0) is 13.2. The summed E-state index contributed by atoms with van der Waals surface area (Å²) in [5, 5.41) is 0. The first-order valence-electron chi connectivity index (χ1n) is 7.29. The van der Waals surface area contributed by atoms with Gasteiger partial charge in [-0.1, -0.05) is 0 Å². The Bertz CT molecular complexity index is 266. The number of methoxy groups -OCH3 is 1. The molecule has 2 fully saturated rings. The monoisotopic (exact) mass is 255 g/mol. The summed E-state index contributed by atoms with van der Waals surface area (Å²) in [5.74, 6) is 0. The number of nitrogens with two attached hydrogens (primary N) is 1. The van der Waals surface area contributed by atoms with Crippen molar-refractivity contribution in [3.8, 4) is 0 Å². The van der Waals surface area contributed by atoms with Crippen LogP contribution in [0.15, 0.2) is 0 Å². The summed E-state index contributed by atoms with van der Waals surface area (Å²) in [6.07, 6.45) is 5.18. The van der Waals surface area contributed by atoms with E-state index in [1.165, 1.54) is 19.4 Å². The van der Waals surface area contributed by atoms with E-state index in [1.807, 2.05) is 7.11 Å². The van der Waals surface area contributed by atoms with Crippen LogP contribution < -0.4 is 5.73 Å². The fourth-order valence-electron chi connectivity index (χ4n) is 3.58. The molecule has 0 amide bonds. The molecule has 0 aliphatic carbocycles. The number of hydrogen-bond acceptors (Lipinski definition) is 4. The third-order valence-corrected chi connectivity index (χ3v) is 5.18. The normalized spacial score (nSPS) is 37.0. The van der Waals surface area contributed by atoms with Gasteiger partial charge in [0.2, 0.25) is 0 Å². The van der Waals surface area contributed by atoms with Gasteiger partial charge in [-0.2, -0.15) is 0 Å². The van der Waals surface area contributed by atoms with E-state index in [-0.39, 0.29) is 5.54 Å². The van der Waals surface area contributed by atoms with E-state index in [0.717, 1.165) is 32.5 Å². The van der Waals surface area contributed by atoms with Gasteiger partial charge >= 0.3 is 0 Å². The van der Waals surface area contributed by atoms with E-state index in [2.05, 4.69) is 23.8 Å². The van der Waals surface area contributed by atoms with Crippen molar-refractivity contribution in [1.29, 1.82) is 0 Å². The maximum atomic E-state index is 6.15. The maximum absolute atomic E-state index is 6.15. The highest BCUT2D eigenvalue weighted by Crippen LogP contribution is 2.33. The maximum Gasteiger partial charge on any atom is 0.0595 e. The Balaban J connectivity index is 2.00. The number of ether oxygens (including phenoxy) is 1. The zero-order valence-electron chi connectivity index (χ0n) is 12.2. The first-order chi connectivity index (χ1) is 8.61. The molecule has 2 heterocycles. The highest BCUT2D eigenvalue weighted by molar-refractivity contribution is 4.99. The number of rotatable bonds is 3. The van der Waals surface area contributed by atoms with E-state index in [9.17, 15) is 0 Å². The molecule has 18 heavy (non-hydrogen) atoms. The van der Waals surface area contributed by atoms with Gasteiger partial charge < -0.3 is 15.4 Å². The highest BCUT2D eigenvalue weighted by Gasteiger charge is 2.41. The Hall–Kier alpha value is -0.160. The van der Waals surface area contributed by atoms with Crippen LogP contribution in [0.2, 0.25) is 0 Å². The van der Waals surface area contributed by atoms with Crippen LogP contribution in [0.25, 0.3) is 0 Å². The van der Waals surface area contributed by atoms with Gasteiger partial charge in [-0.15, -0.1) is 0 Å². The van der Waals surface area contributed by atoms with Crippen molar-refractivity contribution < 1.29 is 4.74 Å². The second-order valence-corrected chi connectivity index (χ2v) is 6.13. The van der Waals surface area contributed by atoms with Crippen molar-refractivity contribution in [1.82, 2.24) is 9.80 Å². The SMILES string of the molecule is COC1CCN(C2(CN)CCN(C)C(C)C2)CC1. The molecule has 2 N–H and O–H groups in total. The van der Waals surface area contributed by atoms with Crippen molar-refractivity contribution in [2.24, 2.45) is 5.73 Å². The summed E-state index contributed by atoms with van der Waals surface area (Å²) in [6, 6.07) is 0.641. The summed E-state index contributed by atoms with van der Waals surface area (Å²) in [4.78, 5) is 5.10. The molecule has 2 atom stereocenters. The van der Waals surface area contributed by atoms with Crippen LogP contribution in [0.4, 0.5) is 0 Å². The van der Waals surface area contributed by atoms with Gasteiger partial charge in [0, 0.05) is 38.3 Å². The predicted molar refractivity (Wildman–Crippen MR) is 74.7 cm³/mol. The molecule has 4 heteroatoms. The topological polar surface area (TPSA) is 41.7 Å². The highest BCUT2D eigenvalue weighted by atomic mass is 16.5. The molecule has 0 aromatic heterocycles. The number of hydrogen-bond donors (Lipinski definition) is 1. The third kappa shape index (κ3) is 2.72. The summed E-state index contributed by atoms with van der Waals surface area (Å²) in [7, 11) is 4.05. The van der Waals surface area contributed by atoms with Gasteiger partial charge in [0.1, 0.15) is 0 Å². The largest absolute Gasteiger partial charge is 0.381 e. The lowest BCUT2D eigenvalue weighted by molar-refractivity contribution is -0.0350. The molecule has 106 valence electrons. The smallest absolute Gasteiger partial charge is 0.0595 e. The Morgan fingerprint density at radius 1 is 1.28 bits per heavy atom. The van der Waals surface area contributed by atoms with E-state index < -0.39 is 0 Å². The Morgan fingerprint density at radius 3 is 2.44 bits per heavy atom. The molecule has 2 unspecified atom stereocenters. The Labute approximate surface area is 111 Å². The lowest BCUT2D eigenvalue weighted by Crippen LogP contribution is -2.62. The molecular formula is C14H29N3O. The summed E-state index contributed by atoms with van der Waals surface area (Å²) in [6.45, 7) is 6.58. The van der Waals surface area contributed by atoms with Crippen LogP contribution >= 0.6 is 0 Å². The average Bonchev–Trinajstić information content (AvgIpc) is 2.42. The second kappa shape index (κ2) is 5.87. The lowest BCUT2D eigenvalue weighted by atomic mass is 9.81. The molecule has 0 spiro atoms. The van der Waals surface area contributed by atoms with Gasteiger partial charge in [0.15, 0.2) is 0 Å². The Morgan fingerprint density at radius 2 is 1.94 bits per heavy atom. The third-order valence-electron chi connectivity index (χ3n) is 5.18. The minimum atomic E-state index is 0.241. The van der Waals surface area contributed by atoms with Crippen LogP contribution in [0.1, 0.15) is 32.6 Å². The van der Waals surface area contributed by atoms with Gasteiger partial charge in [-0.3, -0.25) is 4.90 Å². The molecule has 2 saturated heterocycles. The van der Waals surface area contributed by atoms with Crippen LogP contribution in [0, 0.1) is 0 Å². The molecule has 4 nitrogen and oxygen atoms in total. The lowest BCUT2D eigenvalue weighted by Gasteiger charge is -2.52. The molecule has 0 aromatic carbocycles. The number of piperidine rings is 2. The molecule has 0 saturated carbocycles. The first kappa shape index (κ1) is 14.3. The predicted octanol–water partition coefficient (Wildman–Crippen LogP) is 0.909. The van der Waals surface area contributed by atoms with Crippen LogP contribution in [0.5, 0.6) is 0 Å². The van der Waals surface area contributed by atoms with E-state index in [0.29, 0.717) is 12.1 Å². The molecule has 2 aliphatic rings. The van der Waals surface area contributed by atoms with E-state index in [1.54, 1.807) is 0 Å². The quantitative estimate of drug-likeness (QED) is 0.814. The fourth-order valence-corrected chi connectivity index (χ4v) is 3.58. The van der Waals surface area contributed by atoms with Crippen molar-refractivity contribution >= 4 is 0 Å². The number of likely N-dealkylation sites (tertiary alicyclic amines) is 2. The molecule has 0 bridgehead atoms. The minimum absolute atomic E-state index is 0.241. The second-order valence-electron chi connectivity index (χ2n) is 6.13. The standard InChI is InChI=1S/C14H29N3O/c1-12-10-14(11-15,6-9-16(12)2)17-7-4-13(18-3)5-8-17/h12-13H,4-11,15H2,1-3H3. The van der Waals surface area contributed by atoms with Crippen LogP contribution in [-0.4, -0.2) is 67.8 Å².